The largest absolute Gasteiger partial charge is 0.480 e. The van der Waals surface area contributed by atoms with Gasteiger partial charge in [-0.15, -0.1) is 23.7 Å². The SMILES string of the molecule is C#CCC(NC(=O)NCc1sccc1C)C(=O)O. The maximum absolute atomic E-state index is 11.5. The number of amides is 2. The zero-order valence-corrected chi connectivity index (χ0v) is 10.7. The van der Waals surface area contributed by atoms with Crippen LogP contribution in [0.3, 0.4) is 0 Å². The Morgan fingerprint density at radius 2 is 2.33 bits per heavy atom. The van der Waals surface area contributed by atoms with Crippen molar-refractivity contribution in [1.29, 1.82) is 0 Å². The molecule has 5 nitrogen and oxygen atoms in total. The fourth-order valence-electron chi connectivity index (χ4n) is 1.27. The molecule has 1 rings (SSSR count). The van der Waals surface area contributed by atoms with E-state index in [0.29, 0.717) is 6.54 Å². The van der Waals surface area contributed by atoms with Crippen molar-refractivity contribution in [3.63, 3.8) is 0 Å². The highest BCUT2D eigenvalue weighted by Crippen LogP contribution is 2.14. The first-order valence-corrected chi connectivity index (χ1v) is 6.16. The molecule has 6 heteroatoms. The monoisotopic (exact) mass is 266 g/mol. The van der Waals surface area contributed by atoms with E-state index < -0.39 is 18.0 Å². The van der Waals surface area contributed by atoms with Gasteiger partial charge in [0.1, 0.15) is 6.04 Å². The van der Waals surface area contributed by atoms with E-state index in [1.54, 1.807) is 0 Å². The fraction of sp³-hybridized carbons (Fsp3) is 0.333. The first kappa shape index (κ1) is 14.1. The van der Waals surface area contributed by atoms with E-state index in [-0.39, 0.29) is 6.42 Å². The molecule has 96 valence electrons. The van der Waals surface area contributed by atoms with E-state index in [4.69, 9.17) is 11.5 Å². The molecule has 0 radical (unpaired) electrons. The number of carboxylic acid groups (broad SMARTS) is 1. The quantitative estimate of drug-likeness (QED) is 0.704. The highest BCUT2D eigenvalue weighted by molar-refractivity contribution is 7.10. The van der Waals surface area contributed by atoms with Gasteiger partial charge in [0.15, 0.2) is 0 Å². The lowest BCUT2D eigenvalue weighted by Crippen LogP contribution is -2.45. The summed E-state index contributed by atoms with van der Waals surface area (Å²) in [5.74, 6) is 1.07. The Morgan fingerprint density at radius 3 is 2.83 bits per heavy atom. The molecule has 0 saturated carbocycles. The Kier molecular flexibility index (Phi) is 5.21. The molecule has 18 heavy (non-hydrogen) atoms. The third-order valence-electron chi connectivity index (χ3n) is 2.30. The zero-order valence-electron chi connectivity index (χ0n) is 9.90. The predicted octanol–water partition coefficient (Wildman–Crippen LogP) is 1.33. The minimum atomic E-state index is -1.14. The van der Waals surface area contributed by atoms with Gasteiger partial charge in [-0.25, -0.2) is 9.59 Å². The average molecular weight is 266 g/mol. The van der Waals surface area contributed by atoms with Gasteiger partial charge in [0.05, 0.1) is 6.54 Å². The minimum absolute atomic E-state index is 0.0409. The lowest BCUT2D eigenvalue weighted by Gasteiger charge is -2.12. The van der Waals surface area contributed by atoms with Gasteiger partial charge in [-0.2, -0.15) is 0 Å². The van der Waals surface area contributed by atoms with Gasteiger partial charge in [-0.05, 0) is 23.9 Å². The molecule has 0 saturated heterocycles. The molecule has 1 unspecified atom stereocenters. The second kappa shape index (κ2) is 6.67. The molecule has 1 atom stereocenters. The molecule has 0 bridgehead atoms. The van der Waals surface area contributed by atoms with Crippen molar-refractivity contribution in [2.45, 2.75) is 25.9 Å². The molecule has 0 spiro atoms. The van der Waals surface area contributed by atoms with Gasteiger partial charge in [0, 0.05) is 11.3 Å². The van der Waals surface area contributed by atoms with Crippen LogP contribution in [0.15, 0.2) is 11.4 Å². The lowest BCUT2D eigenvalue weighted by molar-refractivity contribution is -0.139. The van der Waals surface area contributed by atoms with Crippen LogP contribution in [0.5, 0.6) is 0 Å². The molecule has 1 aromatic heterocycles. The van der Waals surface area contributed by atoms with Crippen molar-refractivity contribution in [2.75, 3.05) is 0 Å². The summed E-state index contributed by atoms with van der Waals surface area (Å²) < 4.78 is 0. The number of nitrogens with one attached hydrogen (secondary N) is 2. The molecule has 1 heterocycles. The highest BCUT2D eigenvalue weighted by atomic mass is 32.1. The Hall–Kier alpha value is -2.00. The first-order chi connectivity index (χ1) is 8.54. The summed E-state index contributed by atoms with van der Waals surface area (Å²) in [6, 6.07) is 0.364. The Morgan fingerprint density at radius 1 is 1.61 bits per heavy atom. The molecule has 0 aromatic carbocycles. The second-order valence-corrected chi connectivity index (χ2v) is 4.65. The number of carbonyl (C=O) groups is 2. The summed E-state index contributed by atoms with van der Waals surface area (Å²) in [5.41, 5.74) is 1.10. The number of carbonyl (C=O) groups excluding carboxylic acids is 1. The number of aryl methyl sites for hydroxylation is 1. The Bertz CT molecular complexity index is 476. The maximum Gasteiger partial charge on any atom is 0.327 e. The summed E-state index contributed by atoms with van der Waals surface area (Å²) in [6.45, 7) is 2.32. The van der Waals surface area contributed by atoms with E-state index in [2.05, 4.69) is 16.6 Å². The number of urea groups is 1. The number of aliphatic carboxylic acids is 1. The maximum atomic E-state index is 11.5. The van der Waals surface area contributed by atoms with Crippen LogP contribution in [0.1, 0.15) is 16.9 Å². The average Bonchev–Trinajstić information content (AvgIpc) is 2.71. The van der Waals surface area contributed by atoms with Crippen molar-refractivity contribution in [3.05, 3.63) is 21.9 Å². The summed E-state index contributed by atoms with van der Waals surface area (Å²) >= 11 is 1.54. The zero-order chi connectivity index (χ0) is 13.5. The number of hydrogen-bond acceptors (Lipinski definition) is 3. The third kappa shape index (κ3) is 4.11. The van der Waals surface area contributed by atoms with Gasteiger partial charge < -0.3 is 15.7 Å². The van der Waals surface area contributed by atoms with E-state index in [0.717, 1.165) is 10.4 Å². The molecule has 0 aliphatic heterocycles. The van der Waals surface area contributed by atoms with Crippen LogP contribution in [-0.2, 0) is 11.3 Å². The first-order valence-electron chi connectivity index (χ1n) is 5.28. The smallest absolute Gasteiger partial charge is 0.327 e. The standard InChI is InChI=1S/C12H14N2O3S/c1-3-4-9(11(15)16)14-12(17)13-7-10-8(2)5-6-18-10/h1,5-6,9H,4,7H2,2H3,(H,15,16)(H2,13,14,17). The molecular formula is C12H14N2O3S. The fourth-order valence-corrected chi connectivity index (χ4v) is 2.12. The van der Waals surface area contributed by atoms with Crippen molar-refractivity contribution in [3.8, 4) is 12.3 Å². The van der Waals surface area contributed by atoms with Crippen LogP contribution < -0.4 is 10.6 Å². The van der Waals surface area contributed by atoms with Crippen LogP contribution in [0, 0.1) is 19.3 Å². The number of thiophene rings is 1. The second-order valence-electron chi connectivity index (χ2n) is 3.65. The minimum Gasteiger partial charge on any atom is -0.480 e. The summed E-state index contributed by atoms with van der Waals surface area (Å²) in [4.78, 5) is 23.3. The molecule has 0 fully saturated rings. The number of terminal acetylenes is 1. The van der Waals surface area contributed by atoms with Gasteiger partial charge in [-0.1, -0.05) is 0 Å². The van der Waals surface area contributed by atoms with Crippen LogP contribution in [0.4, 0.5) is 4.79 Å². The Labute approximate surface area is 109 Å². The van der Waals surface area contributed by atoms with Gasteiger partial charge in [-0.3, -0.25) is 0 Å². The molecule has 0 aliphatic rings. The van der Waals surface area contributed by atoms with E-state index in [9.17, 15) is 9.59 Å². The predicted molar refractivity (Wildman–Crippen MR) is 69.3 cm³/mol. The summed E-state index contributed by atoms with van der Waals surface area (Å²) in [6.07, 6.45) is 4.99. The highest BCUT2D eigenvalue weighted by Gasteiger charge is 2.18. The molecule has 0 aliphatic carbocycles. The van der Waals surface area contributed by atoms with Gasteiger partial charge >= 0.3 is 12.0 Å². The molecular weight excluding hydrogens is 252 g/mol. The van der Waals surface area contributed by atoms with Gasteiger partial charge in [0.25, 0.3) is 0 Å². The molecule has 2 amide bonds. The summed E-state index contributed by atoms with van der Waals surface area (Å²) in [7, 11) is 0. The molecule has 3 N–H and O–H groups in total. The van der Waals surface area contributed by atoms with E-state index in [1.165, 1.54) is 11.3 Å². The van der Waals surface area contributed by atoms with Crippen LogP contribution in [0.25, 0.3) is 0 Å². The number of carboxylic acids is 1. The summed E-state index contributed by atoms with van der Waals surface area (Å²) in [5, 5.41) is 15.7. The number of rotatable bonds is 5. The van der Waals surface area contributed by atoms with E-state index >= 15 is 0 Å². The van der Waals surface area contributed by atoms with Crippen molar-refractivity contribution in [2.24, 2.45) is 0 Å². The van der Waals surface area contributed by atoms with Crippen LogP contribution in [-0.4, -0.2) is 23.1 Å². The van der Waals surface area contributed by atoms with Crippen molar-refractivity contribution >= 4 is 23.3 Å². The number of hydrogen-bond donors (Lipinski definition) is 3. The third-order valence-corrected chi connectivity index (χ3v) is 3.33. The van der Waals surface area contributed by atoms with Crippen molar-refractivity contribution < 1.29 is 14.7 Å². The van der Waals surface area contributed by atoms with Crippen molar-refractivity contribution in [1.82, 2.24) is 10.6 Å². The van der Waals surface area contributed by atoms with E-state index in [1.807, 2.05) is 18.4 Å². The molecule has 1 aromatic rings. The topological polar surface area (TPSA) is 78.4 Å². The lowest BCUT2D eigenvalue weighted by atomic mass is 10.2. The van der Waals surface area contributed by atoms with Crippen LogP contribution >= 0.6 is 11.3 Å². The normalized spacial score (nSPS) is 11.3. The Balaban J connectivity index is 2.44. The van der Waals surface area contributed by atoms with Gasteiger partial charge in [0.2, 0.25) is 0 Å². The van der Waals surface area contributed by atoms with Crippen LogP contribution in [0.2, 0.25) is 0 Å².